The minimum absolute atomic E-state index is 0.0215. The molecule has 1 aromatic heterocycles. The minimum atomic E-state index is 0.0215. The van der Waals surface area contributed by atoms with Gasteiger partial charge in [0.05, 0.1) is 45.3 Å². The number of rotatable bonds is 7. The van der Waals surface area contributed by atoms with E-state index in [4.69, 9.17) is 23.9 Å². The summed E-state index contributed by atoms with van der Waals surface area (Å²) in [4.78, 5) is 14.5. The average Bonchev–Trinajstić information content (AvgIpc) is 2.81. The topological polar surface area (TPSA) is 99.5 Å². The SMILES string of the molecule is COc1cc(C=NNC2=C3Sc4ncnc(OC)c4N=C3CC(C)(C)C2)cc(OC)c1OC. The van der Waals surface area contributed by atoms with Gasteiger partial charge in [0, 0.05) is 11.3 Å². The summed E-state index contributed by atoms with van der Waals surface area (Å²) < 4.78 is 21.6. The smallest absolute Gasteiger partial charge is 0.244 e. The van der Waals surface area contributed by atoms with Gasteiger partial charge in [0.1, 0.15) is 11.4 Å². The van der Waals surface area contributed by atoms with Crippen LogP contribution in [0.15, 0.2) is 44.2 Å². The van der Waals surface area contributed by atoms with Gasteiger partial charge in [-0.15, -0.1) is 0 Å². The van der Waals surface area contributed by atoms with Gasteiger partial charge < -0.3 is 18.9 Å². The van der Waals surface area contributed by atoms with Crippen LogP contribution in [0, 0.1) is 5.41 Å². The summed E-state index contributed by atoms with van der Waals surface area (Å²) in [5.74, 6) is 2.17. The molecule has 2 aromatic rings. The zero-order valence-corrected chi connectivity index (χ0v) is 20.4. The number of benzene rings is 1. The fourth-order valence-corrected chi connectivity index (χ4v) is 4.89. The Balaban J connectivity index is 1.65. The molecule has 0 amide bonds. The summed E-state index contributed by atoms with van der Waals surface area (Å²) in [6.45, 7) is 4.44. The molecule has 0 saturated carbocycles. The Labute approximate surface area is 197 Å². The number of ether oxygens (including phenoxy) is 4. The van der Waals surface area contributed by atoms with Crippen LogP contribution in [-0.4, -0.2) is 50.3 Å². The number of nitrogens with zero attached hydrogens (tertiary/aromatic N) is 4. The lowest BCUT2D eigenvalue weighted by Crippen LogP contribution is -2.30. The van der Waals surface area contributed by atoms with Gasteiger partial charge >= 0.3 is 0 Å². The Bertz CT molecular complexity index is 1130. The maximum atomic E-state index is 5.43. The molecule has 0 atom stereocenters. The predicted molar refractivity (Wildman–Crippen MR) is 128 cm³/mol. The van der Waals surface area contributed by atoms with Crippen LogP contribution in [0.1, 0.15) is 32.3 Å². The van der Waals surface area contributed by atoms with Crippen LogP contribution in [-0.2, 0) is 0 Å². The Morgan fingerprint density at radius 3 is 2.36 bits per heavy atom. The van der Waals surface area contributed by atoms with Gasteiger partial charge in [-0.3, -0.25) is 5.43 Å². The maximum Gasteiger partial charge on any atom is 0.244 e. The summed E-state index contributed by atoms with van der Waals surface area (Å²) in [6.07, 6.45) is 4.89. The Kier molecular flexibility index (Phi) is 6.46. The molecule has 1 N–H and O–H groups in total. The van der Waals surface area contributed by atoms with Gasteiger partial charge in [-0.1, -0.05) is 25.6 Å². The number of aromatic nitrogens is 2. The second-order valence-electron chi connectivity index (χ2n) is 8.35. The van der Waals surface area contributed by atoms with Crippen molar-refractivity contribution in [3.8, 4) is 23.1 Å². The van der Waals surface area contributed by atoms with Gasteiger partial charge in [0.15, 0.2) is 17.2 Å². The van der Waals surface area contributed by atoms with Crippen LogP contribution < -0.4 is 24.4 Å². The zero-order valence-electron chi connectivity index (χ0n) is 19.6. The van der Waals surface area contributed by atoms with Crippen LogP contribution in [0.25, 0.3) is 0 Å². The van der Waals surface area contributed by atoms with Crippen molar-refractivity contribution in [2.45, 2.75) is 31.7 Å². The van der Waals surface area contributed by atoms with Crippen molar-refractivity contribution in [3.63, 3.8) is 0 Å². The molecule has 0 saturated heterocycles. The van der Waals surface area contributed by atoms with Crippen molar-refractivity contribution >= 4 is 29.4 Å². The number of nitrogens with one attached hydrogen (secondary N) is 1. The van der Waals surface area contributed by atoms with Crippen LogP contribution in [0.2, 0.25) is 0 Å². The Morgan fingerprint density at radius 1 is 1.00 bits per heavy atom. The summed E-state index contributed by atoms with van der Waals surface area (Å²) >= 11 is 1.57. The molecule has 1 aromatic carbocycles. The second kappa shape index (κ2) is 9.30. The summed E-state index contributed by atoms with van der Waals surface area (Å²) in [5.41, 5.74) is 6.75. The molecule has 9 nitrogen and oxygen atoms in total. The van der Waals surface area contributed by atoms with Crippen molar-refractivity contribution in [1.82, 2.24) is 15.4 Å². The van der Waals surface area contributed by atoms with Gasteiger partial charge in [-0.05, 0) is 30.4 Å². The largest absolute Gasteiger partial charge is 0.493 e. The number of thioether (sulfide) groups is 1. The normalized spacial score (nSPS) is 16.6. The molecule has 1 aliphatic carbocycles. The molecule has 33 heavy (non-hydrogen) atoms. The molecule has 1 aliphatic heterocycles. The number of hydrazone groups is 1. The highest BCUT2D eigenvalue weighted by Gasteiger charge is 2.35. The average molecular weight is 470 g/mol. The standard InChI is InChI=1S/C23H27N5O4S/c1-23(2)9-14-20(33-22-18(27-14)21(32-6)24-12-25-22)15(10-23)28-26-11-13-7-16(29-3)19(31-5)17(8-13)30-4/h7-8,11-12,28H,9-10H2,1-6H3. The number of fused-ring (bicyclic) bond motifs is 2. The second-order valence-corrected chi connectivity index (χ2v) is 9.35. The number of hydrogen-bond donors (Lipinski definition) is 1. The molecular weight excluding hydrogens is 442 g/mol. The molecule has 2 heterocycles. The first-order chi connectivity index (χ1) is 15.9. The fraction of sp³-hybridized carbons (Fsp3) is 0.391. The van der Waals surface area contributed by atoms with Gasteiger partial charge in [0.25, 0.3) is 0 Å². The first kappa shape index (κ1) is 22.9. The van der Waals surface area contributed by atoms with E-state index in [0.717, 1.165) is 39.7 Å². The maximum absolute atomic E-state index is 5.43. The third-order valence-electron chi connectivity index (χ3n) is 5.33. The van der Waals surface area contributed by atoms with Gasteiger partial charge in [-0.2, -0.15) is 10.1 Å². The first-order valence-electron chi connectivity index (χ1n) is 10.4. The van der Waals surface area contributed by atoms with E-state index in [9.17, 15) is 0 Å². The van der Waals surface area contributed by atoms with Crippen LogP contribution in [0.3, 0.4) is 0 Å². The minimum Gasteiger partial charge on any atom is -0.493 e. The molecule has 0 unspecified atom stereocenters. The van der Waals surface area contributed by atoms with Crippen molar-refractivity contribution in [1.29, 1.82) is 0 Å². The number of aliphatic imine (C=N–C) groups is 1. The summed E-state index contributed by atoms with van der Waals surface area (Å²) in [6, 6.07) is 3.69. The van der Waals surface area contributed by atoms with Gasteiger partial charge in [-0.25, -0.2) is 9.98 Å². The number of allylic oxidation sites excluding steroid dienone is 2. The summed E-state index contributed by atoms with van der Waals surface area (Å²) in [7, 11) is 6.34. The number of methoxy groups -OCH3 is 4. The van der Waals surface area contributed by atoms with Crippen molar-refractivity contribution in [2.24, 2.45) is 15.5 Å². The molecule has 2 aliphatic rings. The molecular formula is C23H27N5O4S. The van der Waals surface area contributed by atoms with E-state index in [1.165, 1.54) is 6.33 Å². The van der Waals surface area contributed by atoms with E-state index in [-0.39, 0.29) is 5.41 Å². The number of hydrogen-bond acceptors (Lipinski definition) is 10. The lowest BCUT2D eigenvalue weighted by Gasteiger charge is -2.35. The van der Waals surface area contributed by atoms with E-state index >= 15 is 0 Å². The first-order valence-corrected chi connectivity index (χ1v) is 11.2. The Hall–Kier alpha value is -3.27. The molecule has 174 valence electrons. The molecule has 4 rings (SSSR count). The van der Waals surface area contributed by atoms with Crippen LogP contribution in [0.5, 0.6) is 23.1 Å². The monoisotopic (exact) mass is 469 g/mol. The van der Waals surface area contributed by atoms with Crippen LogP contribution in [0.4, 0.5) is 5.69 Å². The highest BCUT2D eigenvalue weighted by Crippen LogP contribution is 2.49. The quantitative estimate of drug-likeness (QED) is 0.363. The van der Waals surface area contributed by atoms with E-state index in [0.29, 0.717) is 28.8 Å². The molecule has 10 heteroatoms. The predicted octanol–water partition coefficient (Wildman–Crippen LogP) is 4.34. The third-order valence-corrected chi connectivity index (χ3v) is 6.51. The third kappa shape index (κ3) is 4.61. The molecule has 0 spiro atoms. The Morgan fingerprint density at radius 2 is 1.73 bits per heavy atom. The van der Waals surface area contributed by atoms with Crippen molar-refractivity contribution in [3.05, 3.63) is 34.6 Å². The van der Waals surface area contributed by atoms with Crippen molar-refractivity contribution in [2.75, 3.05) is 28.4 Å². The van der Waals surface area contributed by atoms with Crippen LogP contribution >= 0.6 is 11.8 Å². The van der Waals surface area contributed by atoms with Gasteiger partial charge in [0.2, 0.25) is 11.6 Å². The summed E-state index contributed by atoms with van der Waals surface area (Å²) in [5, 5.41) is 5.28. The van der Waals surface area contributed by atoms with E-state index in [1.54, 1.807) is 46.4 Å². The van der Waals surface area contributed by atoms with E-state index in [1.807, 2.05) is 12.1 Å². The highest BCUT2D eigenvalue weighted by atomic mass is 32.2. The van der Waals surface area contributed by atoms with Crippen molar-refractivity contribution < 1.29 is 18.9 Å². The molecule has 0 bridgehead atoms. The van der Waals surface area contributed by atoms with E-state index in [2.05, 4.69) is 34.3 Å². The lowest BCUT2D eigenvalue weighted by atomic mass is 9.78. The lowest BCUT2D eigenvalue weighted by molar-refractivity contribution is 0.324. The molecule has 0 radical (unpaired) electrons. The highest BCUT2D eigenvalue weighted by molar-refractivity contribution is 8.04. The van der Waals surface area contributed by atoms with E-state index < -0.39 is 0 Å². The molecule has 0 fully saturated rings. The zero-order chi connectivity index (χ0) is 23.6. The fourth-order valence-electron chi connectivity index (χ4n) is 3.89.